The van der Waals surface area contributed by atoms with Gasteiger partial charge in [0, 0.05) is 37.9 Å². The van der Waals surface area contributed by atoms with Crippen LogP contribution >= 0.6 is 0 Å². The number of amides is 1. The molecule has 2 unspecified atom stereocenters. The zero-order chi connectivity index (χ0) is 21.8. The number of nitrogens with one attached hydrogen (secondary N) is 1. The van der Waals surface area contributed by atoms with Gasteiger partial charge in [0.15, 0.2) is 0 Å². The number of carbonyl (C=O) groups excluding carboxylic acids is 1. The van der Waals surface area contributed by atoms with Gasteiger partial charge in [-0.25, -0.2) is 8.42 Å². The number of hydrogen-bond donors (Lipinski definition) is 1. The standard InChI is InChI=1S/C23H35N3O4S/c1-18-7-3-4-8-21(18)24-23(27)20-17-19(31(28,29)26-11-5-2-6-12-26)9-10-22(20)25-13-15-30-16-14-25/h9-10,17-18,21H,2-8,11-16H2,1H3,(H,24,27). The first-order chi connectivity index (χ1) is 15.0. The van der Waals surface area contributed by atoms with Gasteiger partial charge in [-0.15, -0.1) is 0 Å². The maximum Gasteiger partial charge on any atom is 0.253 e. The van der Waals surface area contributed by atoms with Crippen LogP contribution in [0.2, 0.25) is 0 Å². The van der Waals surface area contributed by atoms with E-state index in [4.69, 9.17) is 4.74 Å². The van der Waals surface area contributed by atoms with Gasteiger partial charge < -0.3 is 15.0 Å². The molecule has 0 aromatic heterocycles. The predicted octanol–water partition coefficient (Wildman–Crippen LogP) is 3.01. The lowest BCUT2D eigenvalue weighted by Crippen LogP contribution is -2.43. The Kier molecular flexibility index (Phi) is 7.19. The number of rotatable bonds is 5. The van der Waals surface area contributed by atoms with Gasteiger partial charge in [0.1, 0.15) is 0 Å². The lowest BCUT2D eigenvalue weighted by molar-refractivity contribution is 0.0909. The summed E-state index contributed by atoms with van der Waals surface area (Å²) in [6.45, 7) is 5.88. The summed E-state index contributed by atoms with van der Waals surface area (Å²) in [7, 11) is -3.60. The number of anilines is 1. The summed E-state index contributed by atoms with van der Waals surface area (Å²) in [6.07, 6.45) is 7.26. The summed E-state index contributed by atoms with van der Waals surface area (Å²) in [5.74, 6) is 0.265. The Morgan fingerprint density at radius 2 is 1.71 bits per heavy atom. The Morgan fingerprint density at radius 3 is 2.42 bits per heavy atom. The number of benzene rings is 1. The van der Waals surface area contributed by atoms with E-state index in [-0.39, 0.29) is 16.8 Å². The molecule has 0 radical (unpaired) electrons. The Morgan fingerprint density at radius 1 is 1.00 bits per heavy atom. The lowest BCUT2D eigenvalue weighted by Gasteiger charge is -2.33. The number of carbonyl (C=O) groups is 1. The molecule has 0 bridgehead atoms. The highest BCUT2D eigenvalue weighted by atomic mass is 32.2. The molecule has 2 heterocycles. The third kappa shape index (κ3) is 5.07. The quantitative estimate of drug-likeness (QED) is 0.748. The first-order valence-corrected chi connectivity index (χ1v) is 13.2. The fraction of sp³-hybridized carbons (Fsp3) is 0.696. The van der Waals surface area contributed by atoms with Gasteiger partial charge in [0.2, 0.25) is 10.0 Å². The smallest absolute Gasteiger partial charge is 0.253 e. The SMILES string of the molecule is CC1CCCCC1NC(=O)c1cc(S(=O)(=O)N2CCCCC2)ccc1N1CCOCC1. The van der Waals surface area contributed by atoms with Crippen LogP contribution in [0.3, 0.4) is 0 Å². The van der Waals surface area contributed by atoms with E-state index in [1.54, 1.807) is 22.5 Å². The van der Waals surface area contributed by atoms with Gasteiger partial charge in [0.25, 0.3) is 5.91 Å². The van der Waals surface area contributed by atoms with Crippen molar-refractivity contribution in [2.45, 2.75) is 62.8 Å². The van der Waals surface area contributed by atoms with Crippen molar-refractivity contribution in [2.24, 2.45) is 5.92 Å². The highest BCUT2D eigenvalue weighted by Gasteiger charge is 2.30. The molecule has 7 nitrogen and oxygen atoms in total. The topological polar surface area (TPSA) is 79.0 Å². The molecular weight excluding hydrogens is 414 g/mol. The molecule has 1 aromatic carbocycles. The number of nitrogens with zero attached hydrogens (tertiary/aromatic N) is 2. The van der Waals surface area contributed by atoms with Gasteiger partial charge in [-0.3, -0.25) is 4.79 Å². The molecule has 4 rings (SSSR count). The molecule has 1 N–H and O–H groups in total. The van der Waals surface area contributed by atoms with Crippen molar-refractivity contribution in [3.05, 3.63) is 23.8 Å². The van der Waals surface area contributed by atoms with Crippen LogP contribution in [-0.4, -0.2) is 64.1 Å². The maximum atomic E-state index is 13.4. The Hall–Kier alpha value is -1.64. The third-order valence-corrected chi connectivity index (χ3v) is 8.84. The average molecular weight is 450 g/mol. The molecule has 8 heteroatoms. The lowest BCUT2D eigenvalue weighted by atomic mass is 9.86. The van der Waals surface area contributed by atoms with E-state index < -0.39 is 10.0 Å². The highest BCUT2D eigenvalue weighted by Crippen LogP contribution is 2.29. The van der Waals surface area contributed by atoms with Crippen molar-refractivity contribution in [2.75, 3.05) is 44.3 Å². The zero-order valence-electron chi connectivity index (χ0n) is 18.5. The summed E-state index contributed by atoms with van der Waals surface area (Å²) < 4.78 is 33.5. The first kappa shape index (κ1) is 22.6. The number of ether oxygens (including phenoxy) is 1. The summed E-state index contributed by atoms with van der Waals surface area (Å²) in [4.78, 5) is 15.7. The van der Waals surface area contributed by atoms with Crippen LogP contribution in [0.25, 0.3) is 0 Å². The first-order valence-electron chi connectivity index (χ1n) is 11.7. The minimum Gasteiger partial charge on any atom is -0.378 e. The summed E-state index contributed by atoms with van der Waals surface area (Å²) in [6, 6.07) is 5.20. The number of sulfonamides is 1. The van der Waals surface area contributed by atoms with E-state index in [1.165, 1.54) is 6.42 Å². The Balaban J connectivity index is 1.65. The molecule has 3 aliphatic rings. The van der Waals surface area contributed by atoms with Gasteiger partial charge in [-0.05, 0) is 49.8 Å². The second kappa shape index (κ2) is 9.88. The average Bonchev–Trinajstić information content (AvgIpc) is 2.81. The minimum atomic E-state index is -3.60. The second-order valence-corrected chi connectivity index (χ2v) is 11.0. The molecule has 172 valence electrons. The molecule has 1 aromatic rings. The van der Waals surface area contributed by atoms with E-state index in [0.717, 1.165) is 44.2 Å². The fourth-order valence-corrected chi connectivity index (χ4v) is 6.51. The van der Waals surface area contributed by atoms with Crippen LogP contribution in [0.5, 0.6) is 0 Å². The molecule has 1 aliphatic carbocycles. The summed E-state index contributed by atoms with van der Waals surface area (Å²) >= 11 is 0. The summed E-state index contributed by atoms with van der Waals surface area (Å²) in [5, 5.41) is 3.22. The van der Waals surface area contributed by atoms with Crippen molar-refractivity contribution in [3.8, 4) is 0 Å². The van der Waals surface area contributed by atoms with Gasteiger partial charge in [0.05, 0.1) is 23.7 Å². The van der Waals surface area contributed by atoms with Crippen LogP contribution in [0, 0.1) is 5.92 Å². The monoisotopic (exact) mass is 449 g/mol. The van der Waals surface area contributed by atoms with Crippen molar-refractivity contribution < 1.29 is 17.9 Å². The molecule has 1 saturated carbocycles. The van der Waals surface area contributed by atoms with Gasteiger partial charge >= 0.3 is 0 Å². The van der Waals surface area contributed by atoms with Crippen molar-refractivity contribution >= 4 is 21.6 Å². The molecule has 2 aliphatic heterocycles. The molecule has 0 spiro atoms. The molecule has 3 fully saturated rings. The van der Waals surface area contributed by atoms with E-state index in [2.05, 4.69) is 17.1 Å². The maximum absolute atomic E-state index is 13.4. The van der Waals surface area contributed by atoms with E-state index >= 15 is 0 Å². The Bertz CT molecular complexity index is 877. The van der Waals surface area contributed by atoms with Crippen LogP contribution in [-0.2, 0) is 14.8 Å². The molecule has 2 saturated heterocycles. The van der Waals surface area contributed by atoms with Crippen LogP contribution < -0.4 is 10.2 Å². The number of morpholine rings is 1. The van der Waals surface area contributed by atoms with Crippen LogP contribution in [0.4, 0.5) is 5.69 Å². The number of hydrogen-bond acceptors (Lipinski definition) is 5. The highest BCUT2D eigenvalue weighted by molar-refractivity contribution is 7.89. The van der Waals surface area contributed by atoms with E-state index in [9.17, 15) is 13.2 Å². The minimum absolute atomic E-state index is 0.140. The zero-order valence-corrected chi connectivity index (χ0v) is 19.3. The van der Waals surface area contributed by atoms with Crippen molar-refractivity contribution in [3.63, 3.8) is 0 Å². The van der Waals surface area contributed by atoms with Crippen LogP contribution in [0.15, 0.2) is 23.1 Å². The van der Waals surface area contributed by atoms with Crippen LogP contribution in [0.1, 0.15) is 62.2 Å². The van der Waals surface area contributed by atoms with E-state index in [1.807, 2.05) is 0 Å². The second-order valence-electron chi connectivity index (χ2n) is 9.08. The fourth-order valence-electron chi connectivity index (χ4n) is 4.97. The molecular formula is C23H35N3O4S. The van der Waals surface area contributed by atoms with Crippen molar-refractivity contribution in [1.29, 1.82) is 0 Å². The van der Waals surface area contributed by atoms with E-state index in [0.29, 0.717) is 50.9 Å². The Labute approximate surface area is 186 Å². The van der Waals surface area contributed by atoms with Gasteiger partial charge in [-0.1, -0.05) is 26.2 Å². The van der Waals surface area contributed by atoms with Gasteiger partial charge in [-0.2, -0.15) is 4.31 Å². The normalized spacial score (nSPS) is 25.9. The third-order valence-electron chi connectivity index (χ3n) is 6.95. The summed E-state index contributed by atoms with van der Waals surface area (Å²) in [5.41, 5.74) is 1.25. The largest absolute Gasteiger partial charge is 0.378 e. The van der Waals surface area contributed by atoms with Crippen molar-refractivity contribution in [1.82, 2.24) is 9.62 Å². The number of piperidine rings is 1. The molecule has 1 amide bonds. The molecule has 31 heavy (non-hydrogen) atoms. The predicted molar refractivity (Wildman–Crippen MR) is 121 cm³/mol. The molecule has 2 atom stereocenters.